The molecule has 1 aromatic rings. The lowest BCUT2D eigenvalue weighted by atomic mass is 10.2. The van der Waals surface area contributed by atoms with Crippen molar-refractivity contribution in [3.63, 3.8) is 0 Å². The molecule has 25 heavy (non-hydrogen) atoms. The summed E-state index contributed by atoms with van der Waals surface area (Å²) in [5.41, 5.74) is 1.19. The number of hydrogen-bond donors (Lipinski definition) is 0. The van der Waals surface area contributed by atoms with Gasteiger partial charge in [-0.25, -0.2) is 5.06 Å². The van der Waals surface area contributed by atoms with Gasteiger partial charge in [-0.05, 0) is 42.3 Å². The normalized spacial score (nSPS) is 14.1. The largest absolute Gasteiger partial charge is 0.543 e. The number of hydrogen-bond acceptors (Lipinski definition) is 3. The van der Waals surface area contributed by atoms with E-state index >= 15 is 0 Å². The predicted octanol–water partition coefficient (Wildman–Crippen LogP) is 6.44. The van der Waals surface area contributed by atoms with Crippen LogP contribution in [-0.4, -0.2) is 28.7 Å². The van der Waals surface area contributed by atoms with Crippen molar-refractivity contribution < 1.29 is 8.95 Å². The maximum absolute atomic E-state index is 6.56. The van der Waals surface area contributed by atoms with Gasteiger partial charge in [0.05, 0.1) is 6.54 Å². The zero-order valence-corrected chi connectivity index (χ0v) is 20.3. The van der Waals surface area contributed by atoms with E-state index in [1.165, 1.54) is 5.56 Å². The van der Waals surface area contributed by atoms with E-state index in [1.54, 1.807) is 0 Å². The van der Waals surface area contributed by atoms with Crippen molar-refractivity contribution in [2.45, 2.75) is 84.4 Å². The zero-order chi connectivity index (χ0) is 19.7. The van der Waals surface area contributed by atoms with Gasteiger partial charge < -0.3 is 8.95 Å². The highest BCUT2D eigenvalue weighted by Gasteiger charge is 2.40. The minimum absolute atomic E-state index is 0.184. The lowest BCUT2D eigenvalue weighted by Gasteiger charge is -2.39. The van der Waals surface area contributed by atoms with Gasteiger partial charge in [-0.2, -0.15) is 0 Å². The molecule has 0 heterocycles. The fraction of sp³-hybridized carbons (Fsp3) is 0.700. The first-order valence-corrected chi connectivity index (χ1v) is 15.1. The molecule has 0 fully saturated rings. The van der Waals surface area contributed by atoms with Gasteiger partial charge in [0.25, 0.3) is 0 Å². The van der Waals surface area contributed by atoms with Gasteiger partial charge in [-0.1, -0.05) is 59.7 Å². The quantitative estimate of drug-likeness (QED) is 0.418. The molecule has 0 spiro atoms. The average Bonchev–Trinajstić information content (AvgIpc) is 2.37. The van der Waals surface area contributed by atoms with Crippen LogP contribution in [0.1, 0.15) is 47.1 Å². The smallest absolute Gasteiger partial charge is 0.250 e. The van der Waals surface area contributed by atoms with E-state index in [1.807, 2.05) is 12.1 Å². The Balaban J connectivity index is 2.95. The molecule has 1 rings (SSSR count). The fourth-order valence-electron chi connectivity index (χ4n) is 1.96. The molecule has 1 aromatic carbocycles. The monoisotopic (exact) mass is 381 g/mol. The van der Waals surface area contributed by atoms with Gasteiger partial charge in [0, 0.05) is 12.6 Å². The van der Waals surface area contributed by atoms with Crippen LogP contribution in [-0.2, 0) is 11.1 Å². The van der Waals surface area contributed by atoms with Gasteiger partial charge in [0.15, 0.2) is 0 Å². The average molecular weight is 382 g/mol. The summed E-state index contributed by atoms with van der Waals surface area (Å²) in [4.78, 5) is 0. The molecule has 0 unspecified atom stereocenters. The molecular formula is C20H39NO2Si2. The summed E-state index contributed by atoms with van der Waals surface area (Å²) in [5, 5.41) is 2.37. The van der Waals surface area contributed by atoms with Crippen molar-refractivity contribution in [2.24, 2.45) is 0 Å². The second-order valence-corrected chi connectivity index (χ2v) is 19.5. The summed E-state index contributed by atoms with van der Waals surface area (Å²) in [7, 11) is -1.65. The Kier molecular flexibility index (Phi) is 6.77. The summed E-state index contributed by atoms with van der Waals surface area (Å²) in [5.74, 6) is 1.000. The van der Waals surface area contributed by atoms with Gasteiger partial charge >= 0.3 is 0 Å². The molecule has 5 heteroatoms. The molecule has 0 aliphatic carbocycles. The van der Waals surface area contributed by atoms with E-state index in [9.17, 15) is 0 Å². The summed E-state index contributed by atoms with van der Waals surface area (Å²) >= 11 is 0. The lowest BCUT2D eigenvalue weighted by Crippen LogP contribution is -2.46. The van der Waals surface area contributed by atoms with E-state index in [0.29, 0.717) is 0 Å². The first-order valence-electron chi connectivity index (χ1n) is 9.24. The topological polar surface area (TPSA) is 21.7 Å². The molecule has 0 aromatic heterocycles. The Labute approximate surface area is 157 Å². The SMILES string of the molecule is CN(Cc1ccccc1O[Si](C)(C)C(C)(C)C)O[Si](C)(C)C(C)(C)C. The molecule has 0 saturated carbocycles. The Morgan fingerprint density at radius 3 is 1.80 bits per heavy atom. The molecule has 0 bridgehead atoms. The molecule has 0 amide bonds. The fourth-order valence-corrected chi connectivity index (χ4v) is 4.13. The standard InChI is InChI=1S/C20H39NO2Si2/c1-19(2,3)24(8,9)22-18-15-13-12-14-17(18)16-21(7)23-25(10,11)20(4,5)6/h12-15H,16H2,1-11H3. The van der Waals surface area contributed by atoms with Crippen LogP contribution in [0.4, 0.5) is 0 Å². The summed E-state index contributed by atoms with van der Waals surface area (Å²) in [6.45, 7) is 23.5. The number of hydroxylamine groups is 2. The van der Waals surface area contributed by atoms with Crippen molar-refractivity contribution in [2.75, 3.05) is 7.05 Å². The van der Waals surface area contributed by atoms with Crippen molar-refractivity contribution in [3.8, 4) is 5.75 Å². The Bertz CT molecular complexity index is 572. The third-order valence-electron chi connectivity index (χ3n) is 5.73. The molecule has 0 saturated heterocycles. The predicted molar refractivity (Wildman–Crippen MR) is 114 cm³/mol. The van der Waals surface area contributed by atoms with Crippen molar-refractivity contribution >= 4 is 16.6 Å². The Morgan fingerprint density at radius 2 is 1.32 bits per heavy atom. The second-order valence-electron chi connectivity index (χ2n) is 10.1. The van der Waals surface area contributed by atoms with Crippen LogP contribution in [0.3, 0.4) is 0 Å². The molecule has 144 valence electrons. The molecule has 0 N–H and O–H groups in total. The number of rotatable bonds is 6. The molecule has 0 aliphatic heterocycles. The minimum Gasteiger partial charge on any atom is -0.543 e. The minimum atomic E-state index is -1.86. The van der Waals surface area contributed by atoms with Gasteiger partial charge in [-0.15, -0.1) is 0 Å². The maximum atomic E-state index is 6.56. The van der Waals surface area contributed by atoms with E-state index in [2.05, 4.69) is 92.0 Å². The maximum Gasteiger partial charge on any atom is 0.250 e. The van der Waals surface area contributed by atoms with Crippen LogP contribution < -0.4 is 4.43 Å². The van der Waals surface area contributed by atoms with Crippen LogP contribution in [0, 0.1) is 0 Å². The van der Waals surface area contributed by atoms with Crippen LogP contribution >= 0.6 is 0 Å². The summed E-state index contributed by atoms with van der Waals surface area (Å²) in [6.07, 6.45) is 0. The number of nitrogens with zero attached hydrogens (tertiary/aromatic N) is 1. The van der Waals surface area contributed by atoms with Gasteiger partial charge in [-0.3, -0.25) is 0 Å². The molecule has 0 atom stereocenters. The zero-order valence-electron chi connectivity index (χ0n) is 18.3. The van der Waals surface area contributed by atoms with Crippen LogP contribution in [0.25, 0.3) is 0 Å². The second kappa shape index (κ2) is 7.55. The van der Waals surface area contributed by atoms with Crippen LogP contribution in [0.15, 0.2) is 24.3 Å². The molecule has 3 nitrogen and oxygen atoms in total. The first kappa shape index (κ1) is 22.4. The van der Waals surface area contributed by atoms with E-state index in [0.717, 1.165) is 12.3 Å². The third-order valence-corrected chi connectivity index (χ3v) is 14.5. The van der Waals surface area contributed by atoms with Crippen molar-refractivity contribution in [1.29, 1.82) is 0 Å². The Hall–Kier alpha value is -0.626. The third kappa shape index (κ3) is 5.95. The Morgan fingerprint density at radius 1 is 0.840 bits per heavy atom. The van der Waals surface area contributed by atoms with E-state index in [-0.39, 0.29) is 10.1 Å². The molecule has 0 radical (unpaired) electrons. The van der Waals surface area contributed by atoms with Gasteiger partial charge in [0.1, 0.15) is 5.75 Å². The van der Waals surface area contributed by atoms with Gasteiger partial charge in [0.2, 0.25) is 16.6 Å². The number of benzene rings is 1. The molecular weight excluding hydrogens is 342 g/mol. The molecule has 0 aliphatic rings. The van der Waals surface area contributed by atoms with Crippen molar-refractivity contribution in [1.82, 2.24) is 5.06 Å². The van der Waals surface area contributed by atoms with Crippen LogP contribution in [0.2, 0.25) is 36.3 Å². The highest BCUT2D eigenvalue weighted by Crippen LogP contribution is 2.39. The van der Waals surface area contributed by atoms with Crippen molar-refractivity contribution in [3.05, 3.63) is 29.8 Å². The highest BCUT2D eigenvalue weighted by molar-refractivity contribution is 6.75. The summed E-state index contributed by atoms with van der Waals surface area (Å²) in [6, 6.07) is 8.37. The van der Waals surface area contributed by atoms with Crippen LogP contribution in [0.5, 0.6) is 5.75 Å². The lowest BCUT2D eigenvalue weighted by molar-refractivity contribution is -0.0560. The number of para-hydroxylation sites is 1. The summed E-state index contributed by atoms with van der Waals surface area (Å²) < 4.78 is 13.0. The highest BCUT2D eigenvalue weighted by atomic mass is 28.4. The van der Waals surface area contributed by atoms with E-state index in [4.69, 9.17) is 8.95 Å². The first-order chi connectivity index (χ1) is 11.1. The van der Waals surface area contributed by atoms with E-state index < -0.39 is 16.6 Å².